The number of aryl methyl sites for hydroxylation is 4. The molecule has 0 heterocycles. The van der Waals surface area contributed by atoms with Gasteiger partial charge in [0.25, 0.3) is 5.91 Å². The molecule has 2 aromatic rings. The summed E-state index contributed by atoms with van der Waals surface area (Å²) < 4.78 is 5.74. The molecule has 3 heteroatoms. The molecule has 23 heavy (non-hydrogen) atoms. The van der Waals surface area contributed by atoms with Crippen LogP contribution in [0.5, 0.6) is 5.75 Å². The summed E-state index contributed by atoms with van der Waals surface area (Å²) in [5.41, 5.74) is 5.45. The van der Waals surface area contributed by atoms with Gasteiger partial charge in [0.2, 0.25) is 0 Å². The number of rotatable bonds is 5. The molecule has 0 bridgehead atoms. The van der Waals surface area contributed by atoms with Gasteiger partial charge in [0.05, 0.1) is 0 Å². The van der Waals surface area contributed by atoms with Crippen molar-refractivity contribution in [3.63, 3.8) is 0 Å². The van der Waals surface area contributed by atoms with Gasteiger partial charge in [-0.1, -0.05) is 36.8 Å². The molecule has 1 amide bonds. The average Bonchev–Trinajstić information content (AvgIpc) is 2.51. The third kappa shape index (κ3) is 4.35. The summed E-state index contributed by atoms with van der Waals surface area (Å²) in [6.45, 7) is 9.94. The molecule has 0 saturated heterocycles. The second-order valence-electron chi connectivity index (χ2n) is 6.02. The largest absolute Gasteiger partial charge is 0.481 e. The van der Waals surface area contributed by atoms with Gasteiger partial charge in [0.15, 0.2) is 6.10 Å². The van der Waals surface area contributed by atoms with E-state index in [-0.39, 0.29) is 5.91 Å². The zero-order valence-electron chi connectivity index (χ0n) is 14.6. The number of hydrogen-bond donors (Lipinski definition) is 1. The van der Waals surface area contributed by atoms with Crippen molar-refractivity contribution in [3.8, 4) is 5.75 Å². The number of amides is 1. The third-order valence-corrected chi connectivity index (χ3v) is 3.94. The summed E-state index contributed by atoms with van der Waals surface area (Å²) in [5, 5.41) is 2.98. The molecule has 1 N–H and O–H groups in total. The Morgan fingerprint density at radius 1 is 1.09 bits per heavy atom. The monoisotopic (exact) mass is 311 g/mol. The van der Waals surface area contributed by atoms with Crippen molar-refractivity contribution in [2.45, 2.75) is 47.1 Å². The van der Waals surface area contributed by atoms with Crippen molar-refractivity contribution in [2.24, 2.45) is 0 Å². The van der Waals surface area contributed by atoms with Crippen LogP contribution in [-0.4, -0.2) is 12.0 Å². The van der Waals surface area contributed by atoms with Crippen LogP contribution in [0.3, 0.4) is 0 Å². The topological polar surface area (TPSA) is 38.3 Å². The SMILES string of the molecule is CCc1ccc(O[C@@H](C)C(=O)Nc2c(C)cc(C)cc2C)cc1. The minimum atomic E-state index is -0.553. The molecule has 1 atom stereocenters. The van der Waals surface area contributed by atoms with E-state index >= 15 is 0 Å². The highest BCUT2D eigenvalue weighted by Crippen LogP contribution is 2.22. The molecule has 122 valence electrons. The summed E-state index contributed by atoms with van der Waals surface area (Å²) in [5.74, 6) is 0.571. The molecule has 0 saturated carbocycles. The number of carbonyl (C=O) groups excluding carboxylic acids is 1. The van der Waals surface area contributed by atoms with E-state index in [2.05, 4.69) is 31.3 Å². The Bertz CT molecular complexity index is 666. The van der Waals surface area contributed by atoms with Crippen LogP contribution in [0.25, 0.3) is 0 Å². The Balaban J connectivity index is 2.05. The molecule has 0 unspecified atom stereocenters. The Kier molecular flexibility index (Phi) is 5.43. The standard InChI is InChI=1S/C20H25NO2/c1-6-17-7-9-18(10-8-17)23-16(5)20(22)21-19-14(3)11-13(2)12-15(19)4/h7-12,16H,6H2,1-5H3,(H,21,22)/t16-/m0/s1. The van der Waals surface area contributed by atoms with Crippen LogP contribution in [-0.2, 0) is 11.2 Å². The van der Waals surface area contributed by atoms with E-state index in [1.54, 1.807) is 6.92 Å². The summed E-state index contributed by atoms with van der Waals surface area (Å²) in [4.78, 5) is 12.4. The number of hydrogen-bond acceptors (Lipinski definition) is 2. The summed E-state index contributed by atoms with van der Waals surface area (Å²) in [7, 11) is 0. The van der Waals surface area contributed by atoms with E-state index in [0.29, 0.717) is 5.75 Å². The van der Waals surface area contributed by atoms with E-state index in [9.17, 15) is 4.79 Å². The van der Waals surface area contributed by atoms with Crippen molar-refractivity contribution in [1.82, 2.24) is 0 Å². The normalized spacial score (nSPS) is 11.9. The number of carbonyl (C=O) groups is 1. The summed E-state index contributed by atoms with van der Waals surface area (Å²) in [6.07, 6.45) is 0.435. The lowest BCUT2D eigenvalue weighted by atomic mass is 10.0. The molecule has 0 aliphatic carbocycles. The molecule has 0 radical (unpaired) electrons. The van der Waals surface area contributed by atoms with Crippen molar-refractivity contribution in [3.05, 3.63) is 58.7 Å². The van der Waals surface area contributed by atoms with E-state index < -0.39 is 6.10 Å². The molecule has 2 aromatic carbocycles. The fraction of sp³-hybridized carbons (Fsp3) is 0.350. The lowest BCUT2D eigenvalue weighted by molar-refractivity contribution is -0.122. The van der Waals surface area contributed by atoms with Gasteiger partial charge in [-0.15, -0.1) is 0 Å². The van der Waals surface area contributed by atoms with Crippen LogP contribution >= 0.6 is 0 Å². The quantitative estimate of drug-likeness (QED) is 0.877. The predicted octanol–water partition coefficient (Wildman–Crippen LogP) is 4.58. The Morgan fingerprint density at radius 2 is 1.65 bits per heavy atom. The maximum absolute atomic E-state index is 12.4. The van der Waals surface area contributed by atoms with Crippen molar-refractivity contribution < 1.29 is 9.53 Å². The van der Waals surface area contributed by atoms with Crippen LogP contribution in [0.4, 0.5) is 5.69 Å². The number of nitrogens with one attached hydrogen (secondary N) is 1. The van der Waals surface area contributed by atoms with E-state index in [1.165, 1.54) is 11.1 Å². The molecule has 0 aromatic heterocycles. The minimum absolute atomic E-state index is 0.139. The summed E-state index contributed by atoms with van der Waals surface area (Å²) >= 11 is 0. The number of anilines is 1. The Morgan fingerprint density at radius 3 is 2.17 bits per heavy atom. The first kappa shape index (κ1) is 17.1. The zero-order chi connectivity index (χ0) is 17.0. The van der Waals surface area contributed by atoms with Crippen LogP contribution in [0.2, 0.25) is 0 Å². The second kappa shape index (κ2) is 7.32. The molecule has 3 nitrogen and oxygen atoms in total. The van der Waals surface area contributed by atoms with Gasteiger partial charge >= 0.3 is 0 Å². The van der Waals surface area contributed by atoms with E-state index in [1.807, 2.05) is 38.1 Å². The zero-order valence-corrected chi connectivity index (χ0v) is 14.6. The molecule has 0 spiro atoms. The first-order valence-corrected chi connectivity index (χ1v) is 8.05. The highest BCUT2D eigenvalue weighted by Gasteiger charge is 2.17. The second-order valence-corrected chi connectivity index (χ2v) is 6.02. The summed E-state index contributed by atoms with van der Waals surface area (Å²) in [6, 6.07) is 12.0. The van der Waals surface area contributed by atoms with Crippen LogP contribution in [0.1, 0.15) is 36.1 Å². The fourth-order valence-corrected chi connectivity index (χ4v) is 2.66. The highest BCUT2D eigenvalue weighted by atomic mass is 16.5. The molecule has 2 rings (SSSR count). The molecule has 0 fully saturated rings. The maximum atomic E-state index is 12.4. The van der Waals surface area contributed by atoms with Crippen LogP contribution < -0.4 is 10.1 Å². The minimum Gasteiger partial charge on any atom is -0.481 e. The molecule has 0 aliphatic heterocycles. The highest BCUT2D eigenvalue weighted by molar-refractivity contribution is 5.95. The first-order chi connectivity index (χ1) is 10.9. The van der Waals surface area contributed by atoms with E-state index in [0.717, 1.165) is 23.2 Å². The Labute approximate surface area is 138 Å². The van der Waals surface area contributed by atoms with Crippen molar-refractivity contribution >= 4 is 11.6 Å². The fourth-order valence-electron chi connectivity index (χ4n) is 2.66. The van der Waals surface area contributed by atoms with Gasteiger partial charge in [-0.2, -0.15) is 0 Å². The van der Waals surface area contributed by atoms with Gasteiger partial charge < -0.3 is 10.1 Å². The van der Waals surface area contributed by atoms with Crippen molar-refractivity contribution in [2.75, 3.05) is 5.32 Å². The third-order valence-electron chi connectivity index (χ3n) is 3.94. The van der Waals surface area contributed by atoms with Gasteiger partial charge in [-0.05, 0) is 62.9 Å². The van der Waals surface area contributed by atoms with Gasteiger partial charge in [-0.25, -0.2) is 0 Å². The van der Waals surface area contributed by atoms with Gasteiger partial charge in [-0.3, -0.25) is 4.79 Å². The lowest BCUT2D eigenvalue weighted by Gasteiger charge is -2.17. The Hall–Kier alpha value is -2.29. The number of ether oxygens (including phenoxy) is 1. The maximum Gasteiger partial charge on any atom is 0.265 e. The van der Waals surface area contributed by atoms with Crippen LogP contribution in [0.15, 0.2) is 36.4 Å². The van der Waals surface area contributed by atoms with Gasteiger partial charge in [0.1, 0.15) is 5.75 Å². The molecular formula is C20H25NO2. The molecular weight excluding hydrogens is 286 g/mol. The number of benzene rings is 2. The lowest BCUT2D eigenvalue weighted by Crippen LogP contribution is -2.30. The molecule has 0 aliphatic rings. The van der Waals surface area contributed by atoms with Crippen LogP contribution in [0, 0.1) is 20.8 Å². The van der Waals surface area contributed by atoms with Gasteiger partial charge in [0, 0.05) is 5.69 Å². The predicted molar refractivity (Wildman–Crippen MR) is 95.2 cm³/mol. The average molecular weight is 311 g/mol. The smallest absolute Gasteiger partial charge is 0.265 e. The first-order valence-electron chi connectivity index (χ1n) is 8.05. The van der Waals surface area contributed by atoms with Crippen molar-refractivity contribution in [1.29, 1.82) is 0 Å². The van der Waals surface area contributed by atoms with E-state index in [4.69, 9.17) is 4.74 Å².